The van der Waals surface area contributed by atoms with Gasteiger partial charge in [-0.2, -0.15) is 5.10 Å². The van der Waals surface area contributed by atoms with Gasteiger partial charge in [0.1, 0.15) is 0 Å². The first-order valence-corrected chi connectivity index (χ1v) is 6.13. The maximum atomic E-state index is 5.63. The fraction of sp³-hybridized carbons (Fsp3) is 0.385. The molecule has 18 heavy (non-hydrogen) atoms. The van der Waals surface area contributed by atoms with Gasteiger partial charge in [0, 0.05) is 24.6 Å². The van der Waals surface area contributed by atoms with Gasteiger partial charge < -0.3 is 0 Å². The highest BCUT2D eigenvalue weighted by Crippen LogP contribution is 2.16. The van der Waals surface area contributed by atoms with Gasteiger partial charge in [-0.3, -0.25) is 20.9 Å². The van der Waals surface area contributed by atoms with E-state index in [1.807, 2.05) is 36.3 Å². The number of hydrogen-bond acceptors (Lipinski definition) is 4. The van der Waals surface area contributed by atoms with E-state index in [4.69, 9.17) is 5.84 Å². The molecule has 2 heterocycles. The maximum absolute atomic E-state index is 5.63. The van der Waals surface area contributed by atoms with Crippen LogP contribution in [0, 0.1) is 6.92 Å². The second-order valence-electron chi connectivity index (χ2n) is 4.36. The van der Waals surface area contributed by atoms with Crippen molar-refractivity contribution < 1.29 is 0 Å². The molecular weight excluding hydrogens is 226 g/mol. The largest absolute Gasteiger partial charge is 0.273 e. The molecule has 2 aromatic heterocycles. The minimum atomic E-state index is 0.0626. The van der Waals surface area contributed by atoms with Crippen molar-refractivity contribution >= 4 is 0 Å². The van der Waals surface area contributed by atoms with E-state index in [0.29, 0.717) is 0 Å². The van der Waals surface area contributed by atoms with Gasteiger partial charge in [-0.05, 0) is 37.5 Å². The Bertz CT molecular complexity index is 488. The van der Waals surface area contributed by atoms with Gasteiger partial charge in [0.25, 0.3) is 0 Å². The molecule has 0 saturated carbocycles. The summed E-state index contributed by atoms with van der Waals surface area (Å²) in [5.74, 6) is 5.63. The van der Waals surface area contributed by atoms with Crippen LogP contribution in [0.25, 0.3) is 0 Å². The van der Waals surface area contributed by atoms with Crippen molar-refractivity contribution in [1.82, 2.24) is 20.2 Å². The normalized spacial score (nSPS) is 12.6. The smallest absolute Gasteiger partial charge is 0.0522 e. The molecule has 0 aliphatic rings. The minimum Gasteiger partial charge on any atom is -0.273 e. The van der Waals surface area contributed by atoms with Gasteiger partial charge in [0.05, 0.1) is 12.2 Å². The van der Waals surface area contributed by atoms with Crippen LogP contribution in [0.2, 0.25) is 0 Å². The van der Waals surface area contributed by atoms with Crippen LogP contribution in [0.1, 0.15) is 29.8 Å². The van der Waals surface area contributed by atoms with Gasteiger partial charge in [-0.25, -0.2) is 0 Å². The van der Waals surface area contributed by atoms with E-state index < -0.39 is 0 Å². The quantitative estimate of drug-likeness (QED) is 0.616. The van der Waals surface area contributed by atoms with Crippen LogP contribution in [0.3, 0.4) is 0 Å². The minimum absolute atomic E-state index is 0.0626. The lowest BCUT2D eigenvalue weighted by Crippen LogP contribution is -2.29. The Hall–Kier alpha value is -1.72. The third-order valence-corrected chi connectivity index (χ3v) is 2.99. The van der Waals surface area contributed by atoms with Crippen LogP contribution in [-0.2, 0) is 13.0 Å². The molecule has 0 spiro atoms. The molecule has 0 amide bonds. The molecule has 96 valence electrons. The van der Waals surface area contributed by atoms with Crippen molar-refractivity contribution in [2.75, 3.05) is 0 Å². The Kier molecular flexibility index (Phi) is 4.07. The molecule has 0 radical (unpaired) electrons. The fourth-order valence-electron chi connectivity index (χ4n) is 1.88. The number of nitrogens with two attached hydrogens (primary N) is 1. The Morgan fingerprint density at radius 3 is 2.78 bits per heavy atom. The summed E-state index contributed by atoms with van der Waals surface area (Å²) in [5.41, 5.74) is 6.10. The van der Waals surface area contributed by atoms with E-state index in [1.54, 1.807) is 0 Å². The van der Waals surface area contributed by atoms with Crippen molar-refractivity contribution in [3.8, 4) is 0 Å². The molecule has 0 aliphatic carbocycles. The molecule has 5 heteroatoms. The summed E-state index contributed by atoms with van der Waals surface area (Å²) in [6, 6.07) is 4.11. The lowest BCUT2D eigenvalue weighted by Gasteiger charge is -2.15. The highest BCUT2D eigenvalue weighted by molar-refractivity contribution is 5.20. The number of rotatable bonds is 5. The average molecular weight is 245 g/mol. The molecule has 1 atom stereocenters. The molecule has 0 saturated heterocycles. The van der Waals surface area contributed by atoms with Crippen molar-refractivity contribution in [3.05, 3.63) is 47.5 Å². The van der Waals surface area contributed by atoms with E-state index in [9.17, 15) is 0 Å². The molecule has 0 bridgehead atoms. The molecule has 0 aromatic carbocycles. The first-order valence-electron chi connectivity index (χ1n) is 6.13. The predicted molar refractivity (Wildman–Crippen MR) is 70.6 cm³/mol. The van der Waals surface area contributed by atoms with Crippen LogP contribution in [-0.4, -0.2) is 14.8 Å². The summed E-state index contributed by atoms with van der Waals surface area (Å²) < 4.78 is 1.91. The average Bonchev–Trinajstić information content (AvgIpc) is 2.85. The lowest BCUT2D eigenvalue weighted by atomic mass is 10.0. The molecule has 2 rings (SSSR count). The van der Waals surface area contributed by atoms with Gasteiger partial charge in [-0.1, -0.05) is 6.07 Å². The molecule has 2 aromatic rings. The summed E-state index contributed by atoms with van der Waals surface area (Å²) in [4.78, 5) is 4.29. The standard InChI is InChI=1S/C13H19N5/c1-3-18-9-11(7-16-18)6-13(17-14)12-5-4-10(2)15-8-12/h4-5,7-9,13,17H,3,6,14H2,1-2H3. The number of hydrazine groups is 1. The number of pyridine rings is 1. The number of aromatic nitrogens is 3. The second kappa shape index (κ2) is 5.75. The van der Waals surface area contributed by atoms with Crippen LogP contribution in [0.5, 0.6) is 0 Å². The Morgan fingerprint density at radius 1 is 1.39 bits per heavy atom. The number of hydrogen-bond donors (Lipinski definition) is 2. The topological polar surface area (TPSA) is 68.8 Å². The SMILES string of the molecule is CCn1cc(CC(NN)c2ccc(C)nc2)cn1. The molecule has 5 nitrogen and oxygen atoms in total. The zero-order chi connectivity index (χ0) is 13.0. The Balaban J connectivity index is 2.11. The zero-order valence-corrected chi connectivity index (χ0v) is 10.8. The number of nitrogens with one attached hydrogen (secondary N) is 1. The third kappa shape index (κ3) is 2.94. The summed E-state index contributed by atoms with van der Waals surface area (Å²) in [6.07, 6.45) is 6.60. The van der Waals surface area contributed by atoms with Crippen LogP contribution in [0.4, 0.5) is 0 Å². The van der Waals surface area contributed by atoms with E-state index >= 15 is 0 Å². The number of nitrogens with zero attached hydrogens (tertiary/aromatic N) is 3. The van der Waals surface area contributed by atoms with Crippen molar-refractivity contribution in [3.63, 3.8) is 0 Å². The molecule has 1 unspecified atom stereocenters. The maximum Gasteiger partial charge on any atom is 0.0522 e. The second-order valence-corrected chi connectivity index (χ2v) is 4.36. The van der Waals surface area contributed by atoms with Crippen LogP contribution >= 0.6 is 0 Å². The van der Waals surface area contributed by atoms with E-state index in [-0.39, 0.29) is 6.04 Å². The molecule has 3 N–H and O–H groups in total. The third-order valence-electron chi connectivity index (χ3n) is 2.99. The van der Waals surface area contributed by atoms with Crippen LogP contribution in [0.15, 0.2) is 30.7 Å². The molecule has 0 fully saturated rings. The van der Waals surface area contributed by atoms with Gasteiger partial charge in [0.15, 0.2) is 0 Å². The predicted octanol–water partition coefficient (Wildman–Crippen LogP) is 1.35. The van der Waals surface area contributed by atoms with Gasteiger partial charge in [-0.15, -0.1) is 0 Å². The summed E-state index contributed by atoms with van der Waals surface area (Å²) in [6.45, 7) is 4.92. The molecular formula is C13H19N5. The summed E-state index contributed by atoms with van der Waals surface area (Å²) in [7, 11) is 0. The Labute approximate surface area is 107 Å². The van der Waals surface area contributed by atoms with Crippen molar-refractivity contribution in [2.45, 2.75) is 32.9 Å². The zero-order valence-electron chi connectivity index (χ0n) is 10.8. The van der Waals surface area contributed by atoms with Gasteiger partial charge >= 0.3 is 0 Å². The van der Waals surface area contributed by atoms with E-state index in [1.165, 1.54) is 5.56 Å². The van der Waals surface area contributed by atoms with E-state index in [0.717, 1.165) is 24.2 Å². The van der Waals surface area contributed by atoms with Gasteiger partial charge in [0.2, 0.25) is 0 Å². The highest BCUT2D eigenvalue weighted by atomic mass is 15.3. The highest BCUT2D eigenvalue weighted by Gasteiger charge is 2.12. The monoisotopic (exact) mass is 245 g/mol. The van der Waals surface area contributed by atoms with E-state index in [2.05, 4.69) is 28.5 Å². The Morgan fingerprint density at radius 2 is 2.22 bits per heavy atom. The first-order chi connectivity index (χ1) is 8.72. The lowest BCUT2D eigenvalue weighted by molar-refractivity contribution is 0.549. The first kappa shape index (κ1) is 12.7. The van der Waals surface area contributed by atoms with Crippen LogP contribution < -0.4 is 11.3 Å². The molecule has 0 aliphatic heterocycles. The number of aryl methyl sites for hydroxylation is 2. The summed E-state index contributed by atoms with van der Waals surface area (Å²) in [5, 5.41) is 4.26. The van der Waals surface area contributed by atoms with Crippen molar-refractivity contribution in [2.24, 2.45) is 5.84 Å². The fourth-order valence-corrected chi connectivity index (χ4v) is 1.88. The van der Waals surface area contributed by atoms with Crippen molar-refractivity contribution in [1.29, 1.82) is 0 Å². The summed E-state index contributed by atoms with van der Waals surface area (Å²) >= 11 is 0.